The first kappa shape index (κ1) is 12.0. The Balaban J connectivity index is 2.01. The molecule has 0 aliphatic carbocycles. The van der Waals surface area contributed by atoms with Gasteiger partial charge in [0.25, 0.3) is 5.91 Å². The summed E-state index contributed by atoms with van der Waals surface area (Å²) in [5.41, 5.74) is 3.12. The number of hydrogen-bond donors (Lipinski definition) is 0. The van der Waals surface area contributed by atoms with Crippen LogP contribution in [0.25, 0.3) is 0 Å². The number of carbonyl (C=O) groups is 1. The predicted octanol–water partition coefficient (Wildman–Crippen LogP) is 2.88. The van der Waals surface area contributed by atoms with Gasteiger partial charge in [0, 0.05) is 30.1 Å². The molecule has 3 heterocycles. The Hall–Kier alpha value is -1.81. The predicted molar refractivity (Wildman–Crippen MR) is 79.6 cm³/mol. The van der Waals surface area contributed by atoms with Crippen molar-refractivity contribution in [3.63, 3.8) is 0 Å². The number of thioether (sulfide) groups is 1. The molecule has 0 radical (unpaired) electrons. The van der Waals surface area contributed by atoms with E-state index in [9.17, 15) is 4.79 Å². The third-order valence-electron chi connectivity index (χ3n) is 4.06. The van der Waals surface area contributed by atoms with Gasteiger partial charge in [-0.15, -0.1) is 11.8 Å². The van der Waals surface area contributed by atoms with Crippen LogP contribution in [0.2, 0.25) is 0 Å². The zero-order valence-corrected chi connectivity index (χ0v) is 11.8. The van der Waals surface area contributed by atoms with Crippen LogP contribution in [0.5, 0.6) is 0 Å². The molecule has 0 bridgehead atoms. The Labute approximate surface area is 122 Å². The fraction of sp³-hybridized carbons (Fsp3) is 0.250. The van der Waals surface area contributed by atoms with Crippen molar-refractivity contribution in [2.75, 3.05) is 12.3 Å². The maximum absolute atomic E-state index is 12.7. The van der Waals surface area contributed by atoms with Crippen LogP contribution in [0.15, 0.2) is 48.8 Å². The summed E-state index contributed by atoms with van der Waals surface area (Å²) in [7, 11) is 0. The average Bonchev–Trinajstić information content (AvgIpc) is 2.80. The maximum Gasteiger partial charge on any atom is 0.255 e. The van der Waals surface area contributed by atoms with Crippen LogP contribution in [0.3, 0.4) is 0 Å². The first-order chi connectivity index (χ1) is 9.84. The smallest absolute Gasteiger partial charge is 0.255 e. The van der Waals surface area contributed by atoms with Crippen LogP contribution in [0.1, 0.15) is 27.9 Å². The van der Waals surface area contributed by atoms with E-state index in [0.29, 0.717) is 0 Å². The van der Waals surface area contributed by atoms with Crippen molar-refractivity contribution < 1.29 is 4.79 Å². The van der Waals surface area contributed by atoms with Crippen molar-refractivity contribution in [3.05, 3.63) is 65.5 Å². The number of rotatable bonds is 1. The van der Waals surface area contributed by atoms with Crippen molar-refractivity contribution in [1.29, 1.82) is 0 Å². The Morgan fingerprint density at radius 3 is 2.80 bits per heavy atom. The number of amides is 1. The Kier molecular flexibility index (Phi) is 2.60. The number of fused-ring (bicyclic) bond motifs is 3. The fourth-order valence-corrected chi connectivity index (χ4v) is 4.76. The highest BCUT2D eigenvalue weighted by molar-refractivity contribution is 8.00. The van der Waals surface area contributed by atoms with E-state index in [1.54, 1.807) is 0 Å². The van der Waals surface area contributed by atoms with Crippen LogP contribution in [-0.2, 0) is 4.87 Å². The molecule has 1 fully saturated rings. The molecule has 2 aliphatic rings. The zero-order chi connectivity index (χ0) is 13.6. The lowest BCUT2D eigenvalue weighted by Gasteiger charge is -2.42. The third kappa shape index (κ3) is 1.43. The van der Waals surface area contributed by atoms with E-state index < -0.39 is 0 Å². The van der Waals surface area contributed by atoms with Crippen molar-refractivity contribution in [2.24, 2.45) is 0 Å². The summed E-state index contributed by atoms with van der Waals surface area (Å²) in [5, 5.41) is 0. The molecule has 1 unspecified atom stereocenters. The molecule has 1 atom stereocenters. The molecule has 100 valence electrons. The lowest BCUT2D eigenvalue weighted by Crippen LogP contribution is -2.46. The molecule has 1 aromatic heterocycles. The molecular weight excluding hydrogens is 268 g/mol. The van der Waals surface area contributed by atoms with Gasteiger partial charge >= 0.3 is 0 Å². The zero-order valence-electron chi connectivity index (χ0n) is 11.0. The van der Waals surface area contributed by atoms with Gasteiger partial charge in [-0.1, -0.05) is 18.2 Å². The Morgan fingerprint density at radius 2 is 1.95 bits per heavy atom. The van der Waals surface area contributed by atoms with Gasteiger partial charge in [-0.05, 0) is 35.9 Å². The van der Waals surface area contributed by atoms with Crippen molar-refractivity contribution >= 4 is 17.7 Å². The SMILES string of the molecule is O=C1c2ccccc2C2(c3ccncc3)SCCCN12. The number of benzene rings is 1. The van der Waals surface area contributed by atoms with Gasteiger partial charge in [-0.2, -0.15) is 0 Å². The number of nitrogens with zero attached hydrogens (tertiary/aromatic N) is 2. The summed E-state index contributed by atoms with van der Waals surface area (Å²) in [6, 6.07) is 12.1. The third-order valence-corrected chi connectivity index (χ3v) is 5.64. The largest absolute Gasteiger partial charge is 0.316 e. The molecule has 4 heteroatoms. The Morgan fingerprint density at radius 1 is 1.15 bits per heavy atom. The van der Waals surface area contributed by atoms with Crippen molar-refractivity contribution in [1.82, 2.24) is 9.88 Å². The Bertz CT molecular complexity index is 673. The van der Waals surface area contributed by atoms with E-state index in [-0.39, 0.29) is 10.8 Å². The van der Waals surface area contributed by atoms with Crippen LogP contribution in [-0.4, -0.2) is 28.1 Å². The lowest BCUT2D eigenvalue weighted by molar-refractivity contribution is 0.0716. The molecule has 20 heavy (non-hydrogen) atoms. The highest BCUT2D eigenvalue weighted by Gasteiger charge is 2.52. The first-order valence-electron chi connectivity index (χ1n) is 6.80. The van der Waals surface area contributed by atoms with Crippen molar-refractivity contribution in [3.8, 4) is 0 Å². The van der Waals surface area contributed by atoms with Gasteiger partial charge in [-0.3, -0.25) is 9.78 Å². The highest BCUT2D eigenvalue weighted by atomic mass is 32.2. The minimum absolute atomic E-state index is 0.157. The number of carbonyl (C=O) groups excluding carboxylic acids is 1. The monoisotopic (exact) mass is 282 g/mol. The summed E-state index contributed by atoms with van der Waals surface area (Å²) in [4.78, 5) is 18.5. The summed E-state index contributed by atoms with van der Waals surface area (Å²) in [6.07, 6.45) is 4.67. The molecule has 1 aromatic carbocycles. The first-order valence-corrected chi connectivity index (χ1v) is 7.78. The second-order valence-corrected chi connectivity index (χ2v) is 6.37. The summed E-state index contributed by atoms with van der Waals surface area (Å²) in [5.74, 6) is 1.23. The van der Waals surface area contributed by atoms with E-state index in [1.807, 2.05) is 59.4 Å². The van der Waals surface area contributed by atoms with E-state index >= 15 is 0 Å². The second kappa shape index (κ2) is 4.35. The van der Waals surface area contributed by atoms with Gasteiger partial charge in [-0.25, -0.2) is 0 Å². The molecule has 1 saturated heterocycles. The summed E-state index contributed by atoms with van der Waals surface area (Å²) in [6.45, 7) is 0.822. The van der Waals surface area contributed by atoms with Gasteiger partial charge in [0.05, 0.1) is 0 Å². The fourth-order valence-electron chi connectivity index (χ4n) is 3.23. The molecular formula is C16H14N2OS. The maximum atomic E-state index is 12.7. The minimum Gasteiger partial charge on any atom is -0.316 e. The lowest BCUT2D eigenvalue weighted by atomic mass is 9.97. The van der Waals surface area contributed by atoms with E-state index in [4.69, 9.17) is 0 Å². The van der Waals surface area contributed by atoms with E-state index in [1.165, 1.54) is 0 Å². The highest BCUT2D eigenvalue weighted by Crippen LogP contribution is 2.53. The number of hydrogen-bond acceptors (Lipinski definition) is 3. The van der Waals surface area contributed by atoms with Gasteiger partial charge in [0.15, 0.2) is 0 Å². The normalized spacial score (nSPS) is 24.4. The van der Waals surface area contributed by atoms with Crippen LogP contribution < -0.4 is 0 Å². The summed E-state index contributed by atoms with van der Waals surface area (Å²) >= 11 is 1.86. The molecule has 0 spiro atoms. The molecule has 1 amide bonds. The topological polar surface area (TPSA) is 33.2 Å². The number of aromatic nitrogens is 1. The molecule has 3 nitrogen and oxygen atoms in total. The average molecular weight is 282 g/mol. The molecule has 2 aromatic rings. The van der Waals surface area contributed by atoms with Gasteiger partial charge in [0.2, 0.25) is 0 Å². The van der Waals surface area contributed by atoms with Gasteiger partial charge in [0.1, 0.15) is 4.87 Å². The van der Waals surface area contributed by atoms with Crippen LogP contribution >= 0.6 is 11.8 Å². The van der Waals surface area contributed by atoms with Gasteiger partial charge < -0.3 is 4.90 Å². The molecule has 4 rings (SSSR count). The van der Waals surface area contributed by atoms with E-state index in [0.717, 1.165) is 35.4 Å². The standard InChI is InChI=1S/C16H14N2OS/c19-15-13-4-1-2-5-14(13)16(12-6-8-17-9-7-12)18(15)10-3-11-20-16/h1-2,4-9H,3,10-11H2. The molecule has 0 saturated carbocycles. The number of pyridine rings is 1. The minimum atomic E-state index is -0.352. The van der Waals surface area contributed by atoms with Crippen LogP contribution in [0.4, 0.5) is 0 Å². The molecule has 2 aliphatic heterocycles. The van der Waals surface area contributed by atoms with Crippen LogP contribution in [0, 0.1) is 0 Å². The van der Waals surface area contributed by atoms with E-state index in [2.05, 4.69) is 11.1 Å². The summed E-state index contributed by atoms with van der Waals surface area (Å²) < 4.78 is 0. The van der Waals surface area contributed by atoms with Crippen molar-refractivity contribution in [2.45, 2.75) is 11.3 Å². The molecule has 0 N–H and O–H groups in total. The second-order valence-electron chi connectivity index (χ2n) is 5.08. The quantitative estimate of drug-likeness (QED) is 0.806.